The SMILES string of the molecule is Cc1ncc(C(=O)Oc2ccccc2)n1C(C)c1ccccc1.O=[N+]([O-])O. The van der Waals surface area contributed by atoms with Gasteiger partial charge in [0, 0.05) is 0 Å². The largest absolute Gasteiger partial charge is 0.422 e. The average Bonchev–Trinajstić information content (AvgIpc) is 3.04. The Kier molecular flexibility index (Phi) is 6.65. The summed E-state index contributed by atoms with van der Waals surface area (Å²) in [5.41, 5.74) is 1.56. The predicted molar refractivity (Wildman–Crippen MR) is 97.4 cm³/mol. The van der Waals surface area contributed by atoms with E-state index in [4.69, 9.17) is 20.1 Å². The first-order valence-electron chi connectivity index (χ1n) is 8.09. The van der Waals surface area contributed by atoms with Gasteiger partial charge in [0.2, 0.25) is 0 Å². The number of aryl methyl sites for hydroxylation is 1. The van der Waals surface area contributed by atoms with Crippen LogP contribution in [0.1, 0.15) is 34.8 Å². The van der Waals surface area contributed by atoms with Crippen LogP contribution < -0.4 is 4.74 Å². The molecule has 0 fully saturated rings. The van der Waals surface area contributed by atoms with Gasteiger partial charge in [-0.2, -0.15) is 0 Å². The fourth-order valence-corrected chi connectivity index (χ4v) is 2.62. The molecule has 0 aliphatic carbocycles. The molecule has 3 rings (SSSR count). The van der Waals surface area contributed by atoms with E-state index in [-0.39, 0.29) is 6.04 Å². The van der Waals surface area contributed by atoms with E-state index in [2.05, 4.69) is 4.98 Å². The van der Waals surface area contributed by atoms with Gasteiger partial charge in [0.05, 0.1) is 12.2 Å². The summed E-state index contributed by atoms with van der Waals surface area (Å²) in [7, 11) is 0. The third-order valence-electron chi connectivity index (χ3n) is 3.81. The molecule has 0 amide bonds. The molecule has 0 saturated carbocycles. The van der Waals surface area contributed by atoms with E-state index in [1.807, 2.05) is 66.9 Å². The Bertz CT molecular complexity index is 890. The van der Waals surface area contributed by atoms with E-state index in [1.165, 1.54) is 0 Å². The summed E-state index contributed by atoms with van der Waals surface area (Å²) in [5.74, 6) is 0.899. The number of benzene rings is 2. The maximum Gasteiger partial charge on any atom is 0.362 e. The van der Waals surface area contributed by atoms with E-state index >= 15 is 0 Å². The Morgan fingerprint density at radius 2 is 1.67 bits per heavy atom. The van der Waals surface area contributed by atoms with E-state index in [9.17, 15) is 4.79 Å². The number of para-hydroxylation sites is 1. The summed E-state index contributed by atoms with van der Waals surface area (Å²) in [6.07, 6.45) is 1.57. The number of hydrogen-bond acceptors (Lipinski definition) is 5. The van der Waals surface area contributed by atoms with Gasteiger partial charge in [-0.15, -0.1) is 10.1 Å². The molecule has 27 heavy (non-hydrogen) atoms. The van der Waals surface area contributed by atoms with Crippen molar-refractivity contribution in [2.45, 2.75) is 19.9 Å². The third kappa shape index (κ3) is 5.40. The molecule has 0 bridgehead atoms. The quantitative estimate of drug-likeness (QED) is 0.325. The molecular formula is C19H19N3O5. The number of aromatic nitrogens is 2. The number of rotatable bonds is 4. The maximum atomic E-state index is 12.5. The van der Waals surface area contributed by atoms with Gasteiger partial charge in [-0.05, 0) is 31.5 Å². The summed E-state index contributed by atoms with van der Waals surface area (Å²) in [4.78, 5) is 25.2. The zero-order chi connectivity index (χ0) is 19.8. The van der Waals surface area contributed by atoms with Crippen LogP contribution in [0.3, 0.4) is 0 Å². The molecule has 1 N–H and O–H groups in total. The summed E-state index contributed by atoms with van der Waals surface area (Å²) < 4.78 is 7.34. The molecule has 1 atom stereocenters. The smallest absolute Gasteiger partial charge is 0.362 e. The Morgan fingerprint density at radius 3 is 2.22 bits per heavy atom. The second-order valence-electron chi connectivity index (χ2n) is 5.59. The number of carbonyl (C=O) groups is 1. The second-order valence-corrected chi connectivity index (χ2v) is 5.59. The van der Waals surface area contributed by atoms with Crippen molar-refractivity contribution in [2.24, 2.45) is 0 Å². The van der Waals surface area contributed by atoms with Gasteiger partial charge in [-0.1, -0.05) is 48.5 Å². The highest BCUT2D eigenvalue weighted by Gasteiger charge is 2.21. The molecule has 140 valence electrons. The number of nitrogens with zero attached hydrogens (tertiary/aromatic N) is 3. The summed E-state index contributed by atoms with van der Waals surface area (Å²) >= 11 is 0. The molecule has 8 heteroatoms. The minimum atomic E-state index is -1.50. The summed E-state index contributed by atoms with van der Waals surface area (Å²) in [5, 5.41) is 13.6. The van der Waals surface area contributed by atoms with Crippen molar-refractivity contribution in [3.8, 4) is 5.75 Å². The molecule has 0 aliphatic heterocycles. The number of imidazole rings is 1. The van der Waals surface area contributed by atoms with Crippen LogP contribution in [0.4, 0.5) is 0 Å². The minimum Gasteiger partial charge on any atom is -0.422 e. The lowest BCUT2D eigenvalue weighted by Gasteiger charge is -2.18. The first-order chi connectivity index (χ1) is 12.9. The lowest BCUT2D eigenvalue weighted by Crippen LogP contribution is -2.19. The number of carbonyl (C=O) groups excluding carboxylic acids is 1. The van der Waals surface area contributed by atoms with Crippen LogP contribution in [0.2, 0.25) is 0 Å². The maximum absolute atomic E-state index is 12.5. The van der Waals surface area contributed by atoms with Crippen LogP contribution in [-0.4, -0.2) is 25.8 Å². The van der Waals surface area contributed by atoms with Crippen molar-refractivity contribution >= 4 is 5.97 Å². The standard InChI is InChI=1S/C19H18N2O2.HNO3/c1-14(16-9-5-3-6-10-16)21-15(2)20-13-18(21)19(22)23-17-11-7-4-8-12-17;2-1(3)4/h3-14H,1-2H3;(H,2,3,4). The van der Waals surface area contributed by atoms with Gasteiger partial charge in [0.1, 0.15) is 17.3 Å². The van der Waals surface area contributed by atoms with Crippen LogP contribution in [-0.2, 0) is 0 Å². The van der Waals surface area contributed by atoms with E-state index in [0.717, 1.165) is 11.4 Å². The Hall–Kier alpha value is -3.68. The van der Waals surface area contributed by atoms with Gasteiger partial charge in [-0.3, -0.25) is 0 Å². The highest BCUT2D eigenvalue weighted by atomic mass is 16.9. The van der Waals surface area contributed by atoms with Gasteiger partial charge >= 0.3 is 5.97 Å². The fourth-order valence-electron chi connectivity index (χ4n) is 2.62. The Balaban J connectivity index is 0.000000596. The molecular weight excluding hydrogens is 350 g/mol. The zero-order valence-electron chi connectivity index (χ0n) is 14.9. The van der Waals surface area contributed by atoms with Crippen molar-refractivity contribution in [3.05, 3.63) is 94.1 Å². The van der Waals surface area contributed by atoms with Crippen LogP contribution >= 0.6 is 0 Å². The van der Waals surface area contributed by atoms with Crippen LogP contribution in [0.15, 0.2) is 66.9 Å². The highest BCUT2D eigenvalue weighted by Crippen LogP contribution is 2.22. The topological polar surface area (TPSA) is 107 Å². The minimum absolute atomic E-state index is 0.00276. The van der Waals surface area contributed by atoms with Crippen molar-refractivity contribution in [1.82, 2.24) is 9.55 Å². The molecule has 2 aromatic carbocycles. The molecule has 8 nitrogen and oxygen atoms in total. The zero-order valence-corrected chi connectivity index (χ0v) is 14.9. The number of esters is 1. The molecule has 1 heterocycles. The third-order valence-corrected chi connectivity index (χ3v) is 3.81. The van der Waals surface area contributed by atoms with Gasteiger partial charge in [0.25, 0.3) is 5.09 Å². The van der Waals surface area contributed by atoms with Gasteiger partial charge in [-0.25, -0.2) is 9.78 Å². The van der Waals surface area contributed by atoms with E-state index < -0.39 is 11.1 Å². The predicted octanol–water partition coefficient (Wildman–Crippen LogP) is 3.67. The lowest BCUT2D eigenvalue weighted by atomic mass is 10.1. The number of ether oxygens (including phenoxy) is 1. The Labute approximate surface area is 155 Å². The summed E-state index contributed by atoms with van der Waals surface area (Å²) in [6.45, 7) is 3.93. The summed E-state index contributed by atoms with van der Waals surface area (Å²) in [6, 6.07) is 19.1. The molecule has 0 aliphatic rings. The van der Waals surface area contributed by atoms with Gasteiger partial charge < -0.3 is 14.5 Å². The molecule has 3 aromatic rings. The van der Waals surface area contributed by atoms with Crippen molar-refractivity contribution < 1.29 is 19.8 Å². The number of hydrogen-bond donors (Lipinski definition) is 1. The van der Waals surface area contributed by atoms with Crippen LogP contribution in [0.5, 0.6) is 5.75 Å². The molecule has 0 saturated heterocycles. The lowest BCUT2D eigenvalue weighted by molar-refractivity contribution is -0.742. The van der Waals surface area contributed by atoms with E-state index in [0.29, 0.717) is 11.4 Å². The molecule has 1 unspecified atom stereocenters. The highest BCUT2D eigenvalue weighted by molar-refractivity contribution is 5.89. The van der Waals surface area contributed by atoms with Crippen molar-refractivity contribution in [3.63, 3.8) is 0 Å². The average molecular weight is 369 g/mol. The monoisotopic (exact) mass is 369 g/mol. The fraction of sp³-hybridized carbons (Fsp3) is 0.158. The first kappa shape index (κ1) is 19.6. The van der Waals surface area contributed by atoms with Crippen LogP contribution in [0.25, 0.3) is 0 Å². The first-order valence-corrected chi connectivity index (χ1v) is 8.09. The molecule has 1 aromatic heterocycles. The van der Waals surface area contributed by atoms with Gasteiger partial charge in [0.15, 0.2) is 0 Å². The molecule has 0 radical (unpaired) electrons. The molecule has 0 spiro atoms. The normalized spacial score (nSPS) is 11.0. The van der Waals surface area contributed by atoms with E-state index in [1.54, 1.807) is 18.3 Å². The van der Waals surface area contributed by atoms with Crippen molar-refractivity contribution in [1.29, 1.82) is 0 Å². The Morgan fingerprint density at radius 1 is 1.15 bits per heavy atom. The second kappa shape index (κ2) is 9.14. The van der Waals surface area contributed by atoms with Crippen LogP contribution in [0, 0.1) is 17.0 Å². The van der Waals surface area contributed by atoms with Crippen molar-refractivity contribution in [2.75, 3.05) is 0 Å².